The van der Waals surface area contributed by atoms with Crippen LogP contribution in [-0.2, 0) is 6.54 Å². The van der Waals surface area contributed by atoms with E-state index in [1.165, 1.54) is 12.1 Å². The molecule has 0 atom stereocenters. The number of aromatic hydroxyl groups is 1. The van der Waals surface area contributed by atoms with Gasteiger partial charge in [0.1, 0.15) is 0 Å². The molecule has 2 aromatic rings. The SMILES string of the molecule is CC1(C)Oc2ccc(NCc3ccc(O)c(F)c3)cc2O1. The molecule has 0 fully saturated rings. The Hall–Kier alpha value is -2.43. The van der Waals surface area contributed by atoms with Crippen molar-refractivity contribution < 1.29 is 19.0 Å². The predicted molar refractivity (Wildman–Crippen MR) is 77.2 cm³/mol. The maximum absolute atomic E-state index is 13.3. The summed E-state index contributed by atoms with van der Waals surface area (Å²) in [4.78, 5) is 0. The van der Waals surface area contributed by atoms with Crippen molar-refractivity contribution in [3.63, 3.8) is 0 Å². The molecule has 0 aromatic heterocycles. The van der Waals surface area contributed by atoms with Crippen LogP contribution in [0, 0.1) is 5.82 Å². The normalized spacial score (nSPS) is 15.0. The molecule has 4 nitrogen and oxygen atoms in total. The van der Waals surface area contributed by atoms with Crippen LogP contribution in [0.2, 0.25) is 0 Å². The number of hydrogen-bond acceptors (Lipinski definition) is 4. The molecule has 5 heteroatoms. The third kappa shape index (κ3) is 2.86. The molecule has 2 aromatic carbocycles. The van der Waals surface area contributed by atoms with Crippen LogP contribution in [0.25, 0.3) is 0 Å². The number of ether oxygens (including phenoxy) is 2. The summed E-state index contributed by atoms with van der Waals surface area (Å²) in [6.07, 6.45) is 0. The van der Waals surface area contributed by atoms with E-state index in [4.69, 9.17) is 14.6 Å². The van der Waals surface area contributed by atoms with Crippen molar-refractivity contribution in [1.29, 1.82) is 0 Å². The van der Waals surface area contributed by atoms with E-state index < -0.39 is 11.6 Å². The van der Waals surface area contributed by atoms with Crippen LogP contribution in [0.3, 0.4) is 0 Å². The Morgan fingerprint density at radius 3 is 2.62 bits per heavy atom. The quantitative estimate of drug-likeness (QED) is 0.905. The van der Waals surface area contributed by atoms with Gasteiger partial charge in [-0.15, -0.1) is 0 Å². The van der Waals surface area contributed by atoms with Crippen LogP contribution in [0.4, 0.5) is 10.1 Å². The molecular weight excluding hydrogens is 273 g/mol. The number of phenols is 1. The lowest BCUT2D eigenvalue weighted by atomic mass is 10.2. The van der Waals surface area contributed by atoms with Gasteiger partial charge in [-0.2, -0.15) is 0 Å². The zero-order valence-electron chi connectivity index (χ0n) is 11.8. The predicted octanol–water partition coefficient (Wildman–Crippen LogP) is 3.65. The number of anilines is 1. The van der Waals surface area contributed by atoms with E-state index in [-0.39, 0.29) is 5.75 Å². The second-order valence-electron chi connectivity index (χ2n) is 5.40. The molecule has 0 saturated heterocycles. The van der Waals surface area contributed by atoms with E-state index in [1.54, 1.807) is 6.07 Å². The molecule has 2 N–H and O–H groups in total. The highest BCUT2D eigenvalue weighted by Gasteiger charge is 2.31. The van der Waals surface area contributed by atoms with E-state index in [2.05, 4.69) is 5.32 Å². The molecule has 1 aliphatic rings. The molecule has 0 bridgehead atoms. The van der Waals surface area contributed by atoms with Gasteiger partial charge in [0.25, 0.3) is 0 Å². The van der Waals surface area contributed by atoms with Gasteiger partial charge >= 0.3 is 0 Å². The maximum atomic E-state index is 13.3. The Kier molecular flexibility index (Phi) is 3.12. The zero-order valence-corrected chi connectivity index (χ0v) is 11.8. The third-order valence-corrected chi connectivity index (χ3v) is 3.16. The lowest BCUT2D eigenvalue weighted by molar-refractivity contribution is -0.0431. The van der Waals surface area contributed by atoms with Crippen LogP contribution in [0.5, 0.6) is 17.2 Å². The monoisotopic (exact) mass is 289 g/mol. The minimum absolute atomic E-state index is 0.343. The Morgan fingerprint density at radius 2 is 1.86 bits per heavy atom. The van der Waals surface area contributed by atoms with Crippen molar-refractivity contribution in [2.45, 2.75) is 26.2 Å². The van der Waals surface area contributed by atoms with Gasteiger partial charge in [0.05, 0.1) is 0 Å². The van der Waals surface area contributed by atoms with E-state index in [0.717, 1.165) is 11.3 Å². The standard InChI is InChI=1S/C16H16FNO3/c1-16(2)20-14-6-4-11(8-15(14)21-16)18-9-10-3-5-13(19)12(17)7-10/h3-8,18-19H,9H2,1-2H3. The third-order valence-electron chi connectivity index (χ3n) is 3.16. The smallest absolute Gasteiger partial charge is 0.246 e. The summed E-state index contributed by atoms with van der Waals surface area (Å²) in [5.41, 5.74) is 1.59. The van der Waals surface area contributed by atoms with Gasteiger partial charge in [0.15, 0.2) is 23.1 Å². The second kappa shape index (κ2) is 4.84. The van der Waals surface area contributed by atoms with Gasteiger partial charge < -0.3 is 19.9 Å². The Balaban J connectivity index is 1.71. The minimum Gasteiger partial charge on any atom is -0.505 e. The summed E-state index contributed by atoms with van der Waals surface area (Å²) < 4.78 is 24.5. The van der Waals surface area contributed by atoms with Gasteiger partial charge in [-0.3, -0.25) is 0 Å². The Labute approximate surface area is 122 Å². The van der Waals surface area contributed by atoms with Gasteiger partial charge in [-0.25, -0.2) is 4.39 Å². The first-order valence-corrected chi connectivity index (χ1v) is 6.66. The summed E-state index contributed by atoms with van der Waals surface area (Å²) in [6, 6.07) is 9.87. The number of benzene rings is 2. The van der Waals surface area contributed by atoms with Crippen molar-refractivity contribution in [2.24, 2.45) is 0 Å². The molecule has 0 amide bonds. The van der Waals surface area contributed by atoms with Crippen LogP contribution in [0.15, 0.2) is 36.4 Å². The molecule has 0 unspecified atom stereocenters. The van der Waals surface area contributed by atoms with E-state index in [9.17, 15) is 4.39 Å². The average Bonchev–Trinajstić information content (AvgIpc) is 2.73. The molecule has 0 saturated carbocycles. The first kappa shape index (κ1) is 13.5. The fourth-order valence-corrected chi connectivity index (χ4v) is 2.20. The van der Waals surface area contributed by atoms with Crippen LogP contribution >= 0.6 is 0 Å². The van der Waals surface area contributed by atoms with Gasteiger partial charge in [-0.05, 0) is 29.8 Å². The van der Waals surface area contributed by atoms with Gasteiger partial charge in [-0.1, -0.05) is 6.07 Å². The Bertz CT molecular complexity index is 685. The fourth-order valence-electron chi connectivity index (χ4n) is 2.20. The van der Waals surface area contributed by atoms with Crippen molar-refractivity contribution in [3.8, 4) is 17.2 Å². The number of halogens is 1. The molecular formula is C16H16FNO3. The number of phenolic OH excluding ortho intramolecular Hbond substituents is 1. The summed E-state index contributed by atoms with van der Waals surface area (Å²) in [5.74, 6) is -0.227. The lowest BCUT2D eigenvalue weighted by Gasteiger charge is -2.16. The number of fused-ring (bicyclic) bond motifs is 1. The zero-order chi connectivity index (χ0) is 15.0. The summed E-state index contributed by atoms with van der Waals surface area (Å²) in [7, 11) is 0. The van der Waals surface area contributed by atoms with E-state index in [1.807, 2.05) is 32.0 Å². The number of rotatable bonds is 3. The summed E-state index contributed by atoms with van der Waals surface area (Å²) in [5, 5.41) is 12.3. The fraction of sp³-hybridized carbons (Fsp3) is 0.250. The highest BCUT2D eigenvalue weighted by molar-refractivity contribution is 5.56. The minimum atomic E-state index is -0.652. The molecule has 110 valence electrons. The first-order valence-electron chi connectivity index (χ1n) is 6.66. The van der Waals surface area contributed by atoms with Crippen molar-refractivity contribution >= 4 is 5.69 Å². The molecule has 0 aliphatic carbocycles. The van der Waals surface area contributed by atoms with Crippen LogP contribution in [-0.4, -0.2) is 10.9 Å². The average molecular weight is 289 g/mol. The maximum Gasteiger partial charge on any atom is 0.246 e. The lowest BCUT2D eigenvalue weighted by Crippen LogP contribution is -2.29. The highest BCUT2D eigenvalue weighted by atomic mass is 19.1. The molecule has 1 heterocycles. The molecule has 1 aliphatic heterocycles. The highest BCUT2D eigenvalue weighted by Crippen LogP contribution is 2.40. The van der Waals surface area contributed by atoms with Crippen molar-refractivity contribution in [3.05, 3.63) is 47.8 Å². The first-order chi connectivity index (χ1) is 9.93. The molecule has 3 rings (SSSR count). The van der Waals surface area contributed by atoms with Crippen molar-refractivity contribution in [2.75, 3.05) is 5.32 Å². The van der Waals surface area contributed by atoms with E-state index >= 15 is 0 Å². The molecule has 0 spiro atoms. The molecule has 21 heavy (non-hydrogen) atoms. The van der Waals surface area contributed by atoms with Gasteiger partial charge in [0, 0.05) is 32.1 Å². The molecule has 0 radical (unpaired) electrons. The van der Waals surface area contributed by atoms with Gasteiger partial charge in [0.2, 0.25) is 5.79 Å². The summed E-state index contributed by atoms with van der Waals surface area (Å²) in [6.45, 7) is 4.14. The second-order valence-corrected chi connectivity index (χ2v) is 5.40. The number of nitrogens with one attached hydrogen (secondary N) is 1. The van der Waals surface area contributed by atoms with Crippen LogP contribution < -0.4 is 14.8 Å². The van der Waals surface area contributed by atoms with Crippen LogP contribution in [0.1, 0.15) is 19.4 Å². The van der Waals surface area contributed by atoms with E-state index in [0.29, 0.717) is 18.0 Å². The van der Waals surface area contributed by atoms with Crippen molar-refractivity contribution in [1.82, 2.24) is 0 Å². The number of hydrogen-bond donors (Lipinski definition) is 2. The largest absolute Gasteiger partial charge is 0.505 e. The summed E-state index contributed by atoms with van der Waals surface area (Å²) >= 11 is 0. The Morgan fingerprint density at radius 1 is 1.10 bits per heavy atom. The topological polar surface area (TPSA) is 50.7 Å².